The van der Waals surface area contributed by atoms with Gasteiger partial charge in [0.1, 0.15) is 11.5 Å². The highest BCUT2D eigenvalue weighted by Gasteiger charge is 2.36. The molecule has 2 aromatic heterocycles. The van der Waals surface area contributed by atoms with Gasteiger partial charge in [-0.25, -0.2) is 4.98 Å². The van der Waals surface area contributed by atoms with E-state index in [0.717, 1.165) is 6.07 Å². The van der Waals surface area contributed by atoms with E-state index in [1.165, 1.54) is 29.4 Å². The van der Waals surface area contributed by atoms with Gasteiger partial charge in [0.2, 0.25) is 0 Å². The maximum atomic E-state index is 13.3. The molecule has 0 fully saturated rings. The smallest absolute Gasteiger partial charge is 0.392 e. The van der Waals surface area contributed by atoms with Gasteiger partial charge in [-0.1, -0.05) is 11.8 Å². The molecule has 0 unspecified atom stereocenters. The Labute approximate surface area is 181 Å². The van der Waals surface area contributed by atoms with Crippen LogP contribution in [0, 0.1) is 11.8 Å². The van der Waals surface area contributed by atoms with Crippen LogP contribution in [0.5, 0.6) is 0 Å². The predicted molar refractivity (Wildman–Crippen MR) is 111 cm³/mol. The van der Waals surface area contributed by atoms with Crippen LogP contribution >= 0.6 is 0 Å². The summed E-state index contributed by atoms with van der Waals surface area (Å²) in [5.41, 5.74) is 5.81. The van der Waals surface area contributed by atoms with E-state index < -0.39 is 24.3 Å². The van der Waals surface area contributed by atoms with Gasteiger partial charge >= 0.3 is 6.18 Å². The van der Waals surface area contributed by atoms with E-state index in [-0.39, 0.29) is 29.5 Å². The Balaban J connectivity index is 1.71. The molecule has 0 saturated heterocycles. The maximum absolute atomic E-state index is 13.3. The lowest BCUT2D eigenvalue weighted by molar-refractivity contribution is -0.138. The lowest BCUT2D eigenvalue weighted by atomic mass is 10.0. The molecule has 3 N–H and O–H groups in total. The molecule has 0 saturated carbocycles. The number of pyridine rings is 1. The van der Waals surface area contributed by atoms with Crippen molar-refractivity contribution in [1.82, 2.24) is 14.8 Å². The molecule has 3 aromatic rings. The Morgan fingerprint density at radius 3 is 2.66 bits per heavy atom. The number of fused-ring (bicyclic) bond motifs is 1. The summed E-state index contributed by atoms with van der Waals surface area (Å²) in [6, 6.07) is 6.35. The molecule has 10 heteroatoms. The molecule has 0 aliphatic carbocycles. The quantitative estimate of drug-likeness (QED) is 0.596. The predicted octanol–water partition coefficient (Wildman–Crippen LogP) is 2.99. The second-order valence-corrected chi connectivity index (χ2v) is 7.34. The average Bonchev–Trinajstić information content (AvgIpc) is 3.20. The normalized spacial score (nSPS) is 15.8. The fraction of sp³-hybridized carbons (Fsp3) is 0.227. The van der Waals surface area contributed by atoms with Gasteiger partial charge in [-0.3, -0.25) is 9.48 Å². The summed E-state index contributed by atoms with van der Waals surface area (Å²) in [5, 5.41) is 13.7. The van der Waals surface area contributed by atoms with E-state index in [0.29, 0.717) is 16.9 Å². The van der Waals surface area contributed by atoms with Gasteiger partial charge < -0.3 is 15.7 Å². The van der Waals surface area contributed by atoms with Crippen molar-refractivity contribution in [2.75, 3.05) is 17.2 Å². The van der Waals surface area contributed by atoms with Crippen molar-refractivity contribution in [3.8, 4) is 11.8 Å². The number of halogens is 3. The van der Waals surface area contributed by atoms with Crippen molar-refractivity contribution >= 4 is 17.4 Å². The van der Waals surface area contributed by atoms with Crippen molar-refractivity contribution in [2.45, 2.75) is 25.7 Å². The van der Waals surface area contributed by atoms with Gasteiger partial charge in [-0.2, -0.15) is 18.3 Å². The number of aliphatic hydroxyl groups excluding tert-OH is 1. The molecule has 32 heavy (non-hydrogen) atoms. The van der Waals surface area contributed by atoms with Gasteiger partial charge in [0.25, 0.3) is 5.91 Å². The number of aliphatic hydroxyl groups is 1. The summed E-state index contributed by atoms with van der Waals surface area (Å²) in [5.74, 6) is 5.74. The highest BCUT2D eigenvalue weighted by atomic mass is 19.4. The number of carbonyl (C=O) groups excluding carboxylic acids is 1. The number of rotatable bonds is 2. The van der Waals surface area contributed by atoms with Crippen LogP contribution in [0.4, 0.5) is 24.7 Å². The zero-order chi connectivity index (χ0) is 23.0. The minimum absolute atomic E-state index is 0.207. The van der Waals surface area contributed by atoms with Gasteiger partial charge in [-0.15, -0.1) is 0 Å². The van der Waals surface area contributed by atoms with Crippen molar-refractivity contribution in [3.63, 3.8) is 0 Å². The average molecular weight is 441 g/mol. The molecular formula is C22H18F3N5O2. The third-order valence-corrected chi connectivity index (χ3v) is 5.11. The zero-order valence-corrected chi connectivity index (χ0v) is 16.9. The molecule has 164 valence electrons. The Morgan fingerprint density at radius 2 is 2.00 bits per heavy atom. The molecule has 1 atom stereocenters. The van der Waals surface area contributed by atoms with E-state index in [1.54, 1.807) is 16.8 Å². The maximum Gasteiger partial charge on any atom is 0.416 e. The minimum Gasteiger partial charge on any atom is -0.392 e. The second kappa shape index (κ2) is 8.01. The molecule has 0 radical (unpaired) electrons. The topological polar surface area (TPSA) is 97.3 Å². The lowest BCUT2D eigenvalue weighted by Gasteiger charge is -2.32. The van der Waals surface area contributed by atoms with E-state index in [4.69, 9.17) is 5.73 Å². The molecule has 0 bridgehead atoms. The molecule has 1 aromatic carbocycles. The lowest BCUT2D eigenvalue weighted by Crippen LogP contribution is -2.43. The largest absolute Gasteiger partial charge is 0.416 e. The first kappa shape index (κ1) is 21.4. The van der Waals surface area contributed by atoms with Gasteiger partial charge in [0.15, 0.2) is 0 Å². The molecule has 7 nitrogen and oxygen atoms in total. The Hall–Kier alpha value is -3.84. The van der Waals surface area contributed by atoms with Gasteiger partial charge in [0, 0.05) is 24.0 Å². The van der Waals surface area contributed by atoms with Crippen molar-refractivity contribution < 1.29 is 23.1 Å². The van der Waals surface area contributed by atoms with E-state index >= 15 is 0 Å². The number of aromatic nitrogens is 3. The Bertz CT molecular complexity index is 1240. The summed E-state index contributed by atoms with van der Waals surface area (Å²) in [7, 11) is 0. The highest BCUT2D eigenvalue weighted by molar-refractivity contribution is 6.07. The minimum atomic E-state index is -4.60. The summed E-state index contributed by atoms with van der Waals surface area (Å²) >= 11 is 0. The molecule has 0 spiro atoms. The number of carbonyl (C=O) groups is 1. The van der Waals surface area contributed by atoms with E-state index in [2.05, 4.69) is 21.9 Å². The first-order valence-corrected chi connectivity index (χ1v) is 9.63. The summed E-state index contributed by atoms with van der Waals surface area (Å²) in [4.78, 5) is 18.6. The second-order valence-electron chi connectivity index (χ2n) is 7.34. The van der Waals surface area contributed by atoms with Crippen molar-refractivity contribution in [3.05, 3.63) is 70.7 Å². The van der Waals surface area contributed by atoms with Gasteiger partial charge in [-0.05, 0) is 42.8 Å². The molecule has 3 heterocycles. The highest BCUT2D eigenvalue weighted by Crippen LogP contribution is 2.35. The molecular weight excluding hydrogens is 423 g/mol. The summed E-state index contributed by atoms with van der Waals surface area (Å²) in [6.07, 6.45) is -1.61. The third kappa shape index (κ3) is 3.90. The van der Waals surface area contributed by atoms with E-state index in [9.17, 15) is 23.1 Å². The number of nitrogen functional groups attached to an aromatic ring is 1. The Kier molecular flexibility index (Phi) is 5.36. The van der Waals surface area contributed by atoms with Crippen LogP contribution < -0.4 is 10.6 Å². The molecule has 4 rings (SSSR count). The number of nitrogens with two attached hydrogens (primary N) is 1. The number of hydrogen-bond acceptors (Lipinski definition) is 5. The SMILES string of the molecule is C[C@H]1CN(c2ccc(C(F)(F)F)c(CO)c2)C(=O)c2c(C#Cc3ccc(N)nc3)cnn21. The third-order valence-electron chi connectivity index (χ3n) is 5.11. The fourth-order valence-electron chi connectivity index (χ4n) is 3.55. The van der Waals surface area contributed by atoms with Crippen molar-refractivity contribution in [2.24, 2.45) is 0 Å². The number of benzene rings is 1. The van der Waals surface area contributed by atoms with Crippen LogP contribution in [0.2, 0.25) is 0 Å². The standard InChI is InChI=1S/C22H18F3N5O2/c1-13-11-29(17-5-6-18(22(23,24)25)16(8-17)12-31)21(32)20-15(10-28-30(13)20)4-2-14-3-7-19(26)27-9-14/h3,5-10,13,31H,11-12H2,1H3,(H2,26,27)/t13-/m0/s1. The van der Waals surface area contributed by atoms with Crippen LogP contribution in [0.3, 0.4) is 0 Å². The van der Waals surface area contributed by atoms with Gasteiger partial charge in [0.05, 0.1) is 30.0 Å². The first-order valence-electron chi connectivity index (χ1n) is 9.63. The fourth-order valence-corrected chi connectivity index (χ4v) is 3.55. The number of hydrogen-bond donors (Lipinski definition) is 2. The van der Waals surface area contributed by atoms with E-state index in [1.807, 2.05) is 6.92 Å². The molecule has 1 aliphatic rings. The van der Waals surface area contributed by atoms with Crippen molar-refractivity contribution in [1.29, 1.82) is 0 Å². The zero-order valence-electron chi connectivity index (χ0n) is 16.9. The first-order chi connectivity index (χ1) is 15.2. The Morgan fingerprint density at radius 1 is 1.22 bits per heavy atom. The van der Waals surface area contributed by atoms with Crippen LogP contribution in [-0.2, 0) is 12.8 Å². The number of anilines is 2. The molecule has 1 aliphatic heterocycles. The summed E-state index contributed by atoms with van der Waals surface area (Å²) < 4.78 is 41.1. The summed E-state index contributed by atoms with van der Waals surface area (Å²) in [6.45, 7) is 1.25. The number of alkyl halides is 3. The van der Waals surface area contributed by atoms with Crippen LogP contribution in [0.15, 0.2) is 42.7 Å². The monoisotopic (exact) mass is 441 g/mol. The van der Waals surface area contributed by atoms with Crippen LogP contribution in [-0.4, -0.2) is 32.3 Å². The van der Waals surface area contributed by atoms with Crippen LogP contribution in [0.1, 0.15) is 45.7 Å². The van der Waals surface area contributed by atoms with Crippen LogP contribution in [0.25, 0.3) is 0 Å². The number of amides is 1. The molecule has 1 amide bonds. The number of nitrogens with zero attached hydrogens (tertiary/aromatic N) is 4.